The van der Waals surface area contributed by atoms with Gasteiger partial charge in [0.25, 0.3) is 0 Å². The molecular weight excluding hydrogens is 174 g/mol. The molecule has 1 fully saturated rings. The quantitative estimate of drug-likeness (QED) is 0.714. The summed E-state index contributed by atoms with van der Waals surface area (Å²) >= 11 is 0. The second kappa shape index (κ2) is 2.45. The van der Waals surface area contributed by atoms with Crippen molar-refractivity contribution in [3.05, 3.63) is 0 Å². The van der Waals surface area contributed by atoms with Crippen molar-refractivity contribution in [1.29, 1.82) is 0 Å². The Bertz CT molecular complexity index is 270. The molecule has 72 valence electrons. The highest BCUT2D eigenvalue weighted by Crippen LogP contribution is 2.36. The van der Waals surface area contributed by atoms with E-state index in [0.29, 0.717) is 0 Å². The molecule has 0 unspecified atom stereocenters. The molecular formula is C8H17NO2S. The fraction of sp³-hybridized carbons (Fsp3) is 1.00. The largest absolute Gasteiger partial charge is 0.217 e. The molecule has 1 rings (SSSR count). The van der Waals surface area contributed by atoms with Gasteiger partial charge in [-0.3, -0.25) is 0 Å². The zero-order chi connectivity index (χ0) is 9.62. The molecule has 0 aromatic heterocycles. The summed E-state index contributed by atoms with van der Waals surface area (Å²) in [5.74, 6) is 0. The number of nitrogens with one attached hydrogen (secondary N) is 1. The molecule has 0 atom stereocenters. The minimum absolute atomic E-state index is 0.147. The van der Waals surface area contributed by atoms with Crippen LogP contribution in [0.4, 0.5) is 0 Å². The molecule has 0 amide bonds. The van der Waals surface area contributed by atoms with Gasteiger partial charge in [-0.15, -0.1) is 0 Å². The van der Waals surface area contributed by atoms with Crippen LogP contribution in [0, 0.1) is 0 Å². The van der Waals surface area contributed by atoms with Crippen LogP contribution in [0.15, 0.2) is 0 Å². The monoisotopic (exact) mass is 191 g/mol. The van der Waals surface area contributed by atoms with Crippen molar-refractivity contribution in [3.8, 4) is 0 Å². The summed E-state index contributed by atoms with van der Waals surface area (Å²) in [6.45, 7) is 7.07. The standard InChI is InChI=1S/C8H17NO2S/c1-7(2,3)12(10,11)9-8(4)5-6-8/h9H,5-6H2,1-4H3. The molecule has 1 N–H and O–H groups in total. The van der Waals surface area contributed by atoms with Gasteiger partial charge in [0.2, 0.25) is 10.0 Å². The maximum atomic E-state index is 11.6. The van der Waals surface area contributed by atoms with Crippen molar-refractivity contribution < 1.29 is 8.42 Å². The third kappa shape index (κ3) is 1.98. The lowest BCUT2D eigenvalue weighted by Gasteiger charge is -2.22. The lowest BCUT2D eigenvalue weighted by molar-refractivity contribution is 0.524. The first-order valence-corrected chi connectivity index (χ1v) is 5.68. The van der Waals surface area contributed by atoms with Crippen LogP contribution in [-0.2, 0) is 10.0 Å². The first-order valence-electron chi connectivity index (χ1n) is 4.20. The third-order valence-electron chi connectivity index (χ3n) is 2.19. The molecule has 0 spiro atoms. The van der Waals surface area contributed by atoms with Crippen molar-refractivity contribution in [2.75, 3.05) is 0 Å². The van der Waals surface area contributed by atoms with Gasteiger partial charge in [-0.1, -0.05) is 0 Å². The van der Waals surface area contributed by atoms with Crippen LogP contribution in [-0.4, -0.2) is 18.7 Å². The molecule has 1 aliphatic rings. The van der Waals surface area contributed by atoms with Crippen molar-refractivity contribution in [2.45, 2.75) is 50.8 Å². The van der Waals surface area contributed by atoms with Crippen molar-refractivity contribution in [2.24, 2.45) is 0 Å². The van der Waals surface area contributed by atoms with Crippen molar-refractivity contribution >= 4 is 10.0 Å². The van der Waals surface area contributed by atoms with E-state index in [0.717, 1.165) is 12.8 Å². The highest BCUT2D eigenvalue weighted by molar-refractivity contribution is 7.90. The van der Waals surface area contributed by atoms with Gasteiger partial charge in [-0.25, -0.2) is 13.1 Å². The first-order chi connectivity index (χ1) is 5.16. The lowest BCUT2D eigenvalue weighted by atomic mass is 10.3. The topological polar surface area (TPSA) is 46.2 Å². The van der Waals surface area contributed by atoms with Crippen LogP contribution in [0.3, 0.4) is 0 Å². The smallest absolute Gasteiger partial charge is 0.212 e. The second-order valence-electron chi connectivity index (χ2n) is 4.78. The van der Waals surface area contributed by atoms with Gasteiger partial charge in [0.1, 0.15) is 0 Å². The summed E-state index contributed by atoms with van der Waals surface area (Å²) in [5, 5.41) is 0. The van der Waals surface area contributed by atoms with Gasteiger partial charge in [0.15, 0.2) is 0 Å². The van der Waals surface area contributed by atoms with E-state index < -0.39 is 14.8 Å². The van der Waals surface area contributed by atoms with E-state index in [4.69, 9.17) is 0 Å². The highest BCUT2D eigenvalue weighted by Gasteiger charge is 2.44. The minimum atomic E-state index is -3.14. The highest BCUT2D eigenvalue weighted by atomic mass is 32.2. The summed E-state index contributed by atoms with van der Waals surface area (Å²) < 4.78 is 25.2. The fourth-order valence-electron chi connectivity index (χ4n) is 0.767. The van der Waals surface area contributed by atoms with E-state index in [1.165, 1.54) is 0 Å². The van der Waals surface area contributed by atoms with Crippen molar-refractivity contribution in [3.63, 3.8) is 0 Å². The molecule has 0 aromatic carbocycles. The van der Waals surface area contributed by atoms with Gasteiger partial charge in [0, 0.05) is 5.54 Å². The number of hydrogen-bond donors (Lipinski definition) is 1. The fourth-order valence-corrected chi connectivity index (χ4v) is 1.93. The summed E-state index contributed by atoms with van der Waals surface area (Å²) in [7, 11) is -3.14. The Hall–Kier alpha value is -0.0900. The number of hydrogen-bond acceptors (Lipinski definition) is 2. The van der Waals surface area contributed by atoms with Crippen LogP contribution in [0.1, 0.15) is 40.5 Å². The van der Waals surface area contributed by atoms with Gasteiger partial charge >= 0.3 is 0 Å². The van der Waals surface area contributed by atoms with E-state index >= 15 is 0 Å². The molecule has 12 heavy (non-hydrogen) atoms. The maximum absolute atomic E-state index is 11.6. The SMILES string of the molecule is CC1(NS(=O)(=O)C(C)(C)C)CC1. The molecule has 1 saturated carbocycles. The molecule has 0 aromatic rings. The van der Waals surface area contributed by atoms with Gasteiger partial charge < -0.3 is 0 Å². The molecule has 0 bridgehead atoms. The third-order valence-corrected chi connectivity index (χ3v) is 4.56. The summed E-state index contributed by atoms with van der Waals surface area (Å²) in [6.07, 6.45) is 1.92. The Balaban J connectivity index is 2.74. The predicted octanol–water partition coefficient (Wildman–Crippen LogP) is 1.26. The zero-order valence-electron chi connectivity index (χ0n) is 8.14. The average molecular weight is 191 g/mol. The Morgan fingerprint density at radius 2 is 1.67 bits per heavy atom. The van der Waals surface area contributed by atoms with Gasteiger partial charge in [-0.2, -0.15) is 0 Å². The summed E-state index contributed by atoms with van der Waals surface area (Å²) in [5.41, 5.74) is -0.147. The second-order valence-corrected chi connectivity index (χ2v) is 7.21. The summed E-state index contributed by atoms with van der Waals surface area (Å²) in [6, 6.07) is 0. The Kier molecular flexibility index (Phi) is 2.04. The van der Waals surface area contributed by atoms with E-state index in [2.05, 4.69) is 4.72 Å². The van der Waals surface area contributed by atoms with E-state index in [9.17, 15) is 8.42 Å². The molecule has 0 aliphatic heterocycles. The van der Waals surface area contributed by atoms with Crippen LogP contribution < -0.4 is 4.72 Å². The van der Waals surface area contributed by atoms with Crippen LogP contribution >= 0.6 is 0 Å². The zero-order valence-corrected chi connectivity index (χ0v) is 8.96. The van der Waals surface area contributed by atoms with E-state index in [1.807, 2.05) is 6.92 Å². The Labute approximate surface area is 74.6 Å². The minimum Gasteiger partial charge on any atom is -0.212 e. The Morgan fingerprint density at radius 1 is 1.25 bits per heavy atom. The van der Waals surface area contributed by atoms with Crippen LogP contribution in [0.2, 0.25) is 0 Å². The molecule has 3 nitrogen and oxygen atoms in total. The normalized spacial score (nSPS) is 22.3. The molecule has 0 saturated heterocycles. The number of sulfonamides is 1. The summed E-state index contributed by atoms with van der Waals surface area (Å²) in [4.78, 5) is 0. The molecule has 0 radical (unpaired) electrons. The molecule has 1 aliphatic carbocycles. The van der Waals surface area contributed by atoms with Gasteiger partial charge in [-0.05, 0) is 40.5 Å². The van der Waals surface area contributed by atoms with Crippen LogP contribution in [0.25, 0.3) is 0 Å². The predicted molar refractivity (Wildman–Crippen MR) is 49.4 cm³/mol. The Morgan fingerprint density at radius 3 is 1.92 bits per heavy atom. The lowest BCUT2D eigenvalue weighted by Crippen LogP contribution is -2.44. The van der Waals surface area contributed by atoms with E-state index in [1.54, 1.807) is 20.8 Å². The van der Waals surface area contributed by atoms with Crippen LogP contribution in [0.5, 0.6) is 0 Å². The number of rotatable bonds is 2. The van der Waals surface area contributed by atoms with Crippen molar-refractivity contribution in [1.82, 2.24) is 4.72 Å². The van der Waals surface area contributed by atoms with Gasteiger partial charge in [0.05, 0.1) is 4.75 Å². The van der Waals surface area contributed by atoms with E-state index in [-0.39, 0.29) is 5.54 Å². The maximum Gasteiger partial charge on any atom is 0.217 e. The average Bonchev–Trinajstić information content (AvgIpc) is 2.42. The molecule has 0 heterocycles. The first kappa shape index (κ1) is 9.99. The molecule has 4 heteroatoms.